The number of hydrogen-bond acceptors (Lipinski definition) is 4. The van der Waals surface area contributed by atoms with Crippen molar-refractivity contribution >= 4 is 19.9 Å². The fourth-order valence-corrected chi connectivity index (χ4v) is 5.91. The summed E-state index contributed by atoms with van der Waals surface area (Å²) in [7, 11) is -6.79. The number of fused-ring (bicyclic) bond motifs is 1. The summed E-state index contributed by atoms with van der Waals surface area (Å²) in [6.45, 7) is 0.343. The van der Waals surface area contributed by atoms with Gasteiger partial charge < -0.3 is 0 Å². The van der Waals surface area contributed by atoms with Crippen LogP contribution in [0.1, 0.15) is 30.4 Å². The molecule has 7 heteroatoms. The molecule has 2 aliphatic rings. The third-order valence-corrected chi connectivity index (χ3v) is 8.13. The number of sulfonamides is 1. The molecule has 1 heterocycles. The molecule has 22 heavy (non-hydrogen) atoms. The molecule has 5 nitrogen and oxygen atoms in total. The number of sulfone groups is 1. The van der Waals surface area contributed by atoms with Gasteiger partial charge in [-0.3, -0.25) is 0 Å². The smallest absolute Gasteiger partial charge is 0.229 e. The van der Waals surface area contributed by atoms with Crippen LogP contribution >= 0.6 is 0 Å². The lowest BCUT2D eigenvalue weighted by Crippen LogP contribution is -2.31. The summed E-state index contributed by atoms with van der Waals surface area (Å²) in [5, 5.41) is -0.583. The van der Waals surface area contributed by atoms with Crippen molar-refractivity contribution in [2.75, 3.05) is 19.3 Å². The summed E-state index contributed by atoms with van der Waals surface area (Å²) in [4.78, 5) is 0.294. The van der Waals surface area contributed by atoms with Gasteiger partial charge in [-0.25, -0.2) is 16.8 Å². The molecule has 0 unspecified atom stereocenters. The second-order valence-electron chi connectivity index (χ2n) is 6.24. The van der Waals surface area contributed by atoms with Gasteiger partial charge in [-0.1, -0.05) is 6.07 Å². The SMILES string of the molecule is CS(=O)(=O)[C@@H]1CCN(S(=O)(=O)c2ccc3c(c2)CCCC3)C1. The van der Waals surface area contributed by atoms with E-state index in [1.807, 2.05) is 6.07 Å². The van der Waals surface area contributed by atoms with E-state index in [9.17, 15) is 16.8 Å². The predicted octanol–water partition coefficient (Wildman–Crippen LogP) is 1.37. The Morgan fingerprint density at radius 1 is 1.05 bits per heavy atom. The molecule has 0 saturated carbocycles. The van der Waals surface area contributed by atoms with E-state index in [0.29, 0.717) is 11.3 Å². The van der Waals surface area contributed by atoms with Crippen molar-refractivity contribution in [2.24, 2.45) is 0 Å². The van der Waals surface area contributed by atoms with Crippen LogP contribution in [0.2, 0.25) is 0 Å². The Morgan fingerprint density at radius 3 is 2.36 bits per heavy atom. The van der Waals surface area contributed by atoms with Crippen molar-refractivity contribution in [2.45, 2.75) is 42.2 Å². The van der Waals surface area contributed by atoms with Crippen LogP contribution in [0.5, 0.6) is 0 Å². The van der Waals surface area contributed by atoms with E-state index < -0.39 is 25.1 Å². The lowest BCUT2D eigenvalue weighted by Gasteiger charge is -2.20. The summed E-state index contributed by atoms with van der Waals surface area (Å²) in [5.74, 6) is 0. The van der Waals surface area contributed by atoms with Crippen LogP contribution in [0.3, 0.4) is 0 Å². The first kappa shape index (κ1) is 16.0. The Hall–Kier alpha value is -0.920. The molecule has 1 aromatic rings. The second-order valence-corrected chi connectivity index (χ2v) is 10.5. The third-order valence-electron chi connectivity index (χ3n) is 4.67. The number of nitrogens with zero attached hydrogens (tertiary/aromatic N) is 1. The molecule has 0 N–H and O–H groups in total. The first-order chi connectivity index (χ1) is 10.3. The normalized spacial score (nSPS) is 23.4. The Balaban J connectivity index is 1.88. The zero-order valence-electron chi connectivity index (χ0n) is 12.7. The summed E-state index contributed by atoms with van der Waals surface area (Å²) in [6.07, 6.45) is 5.73. The Kier molecular flexibility index (Phi) is 4.07. The molecular formula is C15H21NO4S2. The van der Waals surface area contributed by atoms with Crippen LogP contribution in [0.25, 0.3) is 0 Å². The molecule has 0 bridgehead atoms. The van der Waals surface area contributed by atoms with E-state index in [4.69, 9.17) is 0 Å². The van der Waals surface area contributed by atoms with Gasteiger partial charge in [-0.2, -0.15) is 4.31 Å². The van der Waals surface area contributed by atoms with Crippen LogP contribution in [0, 0.1) is 0 Å². The van der Waals surface area contributed by atoms with Gasteiger partial charge in [0, 0.05) is 19.3 Å². The van der Waals surface area contributed by atoms with E-state index in [2.05, 4.69) is 0 Å². The highest BCUT2D eigenvalue weighted by Crippen LogP contribution is 2.28. The fraction of sp³-hybridized carbons (Fsp3) is 0.600. The summed E-state index contributed by atoms with van der Waals surface area (Å²) in [5.41, 5.74) is 2.35. The molecule has 1 saturated heterocycles. The first-order valence-corrected chi connectivity index (χ1v) is 11.0. The molecule has 0 spiro atoms. The van der Waals surface area contributed by atoms with E-state index in [-0.39, 0.29) is 13.1 Å². The van der Waals surface area contributed by atoms with Crippen LogP contribution in [0.4, 0.5) is 0 Å². The minimum atomic E-state index is -3.60. The molecule has 122 valence electrons. The Labute approximate surface area is 132 Å². The molecular weight excluding hydrogens is 322 g/mol. The summed E-state index contributed by atoms with van der Waals surface area (Å²) in [6, 6.07) is 5.34. The van der Waals surface area contributed by atoms with Crippen molar-refractivity contribution in [3.05, 3.63) is 29.3 Å². The predicted molar refractivity (Wildman–Crippen MR) is 85.1 cm³/mol. The number of benzene rings is 1. The molecule has 1 aromatic carbocycles. The summed E-state index contributed by atoms with van der Waals surface area (Å²) >= 11 is 0. The van der Waals surface area contributed by atoms with Gasteiger partial charge in [0.15, 0.2) is 9.84 Å². The molecule has 1 aliphatic heterocycles. The largest absolute Gasteiger partial charge is 0.243 e. The maximum absolute atomic E-state index is 12.7. The van der Waals surface area contributed by atoms with Gasteiger partial charge in [0.25, 0.3) is 0 Å². The van der Waals surface area contributed by atoms with E-state index >= 15 is 0 Å². The highest BCUT2D eigenvalue weighted by molar-refractivity contribution is 7.91. The first-order valence-electron chi connectivity index (χ1n) is 7.59. The molecule has 0 aromatic heterocycles. The topological polar surface area (TPSA) is 71.5 Å². The Morgan fingerprint density at radius 2 is 1.73 bits per heavy atom. The van der Waals surface area contributed by atoms with Crippen LogP contribution < -0.4 is 0 Å². The van der Waals surface area contributed by atoms with Crippen molar-refractivity contribution < 1.29 is 16.8 Å². The van der Waals surface area contributed by atoms with Crippen molar-refractivity contribution in [3.8, 4) is 0 Å². The second kappa shape index (κ2) is 5.62. The standard InChI is InChI=1S/C15H21NO4S2/c1-21(17,18)15-8-9-16(11-15)22(19,20)14-7-6-12-4-2-3-5-13(12)10-14/h6-7,10,15H,2-5,8-9,11H2,1H3/t15-/m1/s1. The highest BCUT2D eigenvalue weighted by Gasteiger charge is 2.37. The van der Waals surface area contributed by atoms with Gasteiger partial charge in [-0.05, 0) is 55.4 Å². The van der Waals surface area contributed by atoms with Crippen molar-refractivity contribution in [1.82, 2.24) is 4.31 Å². The average Bonchev–Trinajstić information content (AvgIpc) is 2.97. The van der Waals surface area contributed by atoms with Crippen molar-refractivity contribution in [1.29, 1.82) is 0 Å². The average molecular weight is 343 g/mol. The van der Waals surface area contributed by atoms with Crippen molar-refractivity contribution in [3.63, 3.8) is 0 Å². The number of aryl methyl sites for hydroxylation is 2. The lowest BCUT2D eigenvalue weighted by atomic mass is 9.92. The number of rotatable bonds is 3. The van der Waals surface area contributed by atoms with Crippen LogP contribution in [-0.4, -0.2) is 45.7 Å². The maximum atomic E-state index is 12.7. The van der Waals surface area contributed by atoms with Gasteiger partial charge in [0.2, 0.25) is 10.0 Å². The number of hydrogen-bond donors (Lipinski definition) is 0. The quantitative estimate of drug-likeness (QED) is 0.831. The van der Waals surface area contributed by atoms with E-state index in [0.717, 1.165) is 31.2 Å². The minimum Gasteiger partial charge on any atom is -0.229 e. The van der Waals surface area contributed by atoms with Gasteiger partial charge in [-0.15, -0.1) is 0 Å². The molecule has 0 radical (unpaired) electrons. The zero-order valence-corrected chi connectivity index (χ0v) is 14.3. The highest BCUT2D eigenvalue weighted by atomic mass is 32.2. The fourth-order valence-electron chi connectivity index (χ4n) is 3.28. The molecule has 3 rings (SSSR count). The van der Waals surface area contributed by atoms with Gasteiger partial charge in [0.05, 0.1) is 10.1 Å². The van der Waals surface area contributed by atoms with Crippen LogP contribution in [-0.2, 0) is 32.7 Å². The molecule has 1 aliphatic carbocycles. The third kappa shape index (κ3) is 2.94. The molecule has 0 amide bonds. The van der Waals surface area contributed by atoms with Gasteiger partial charge in [0.1, 0.15) is 0 Å². The monoisotopic (exact) mass is 343 g/mol. The maximum Gasteiger partial charge on any atom is 0.243 e. The summed E-state index contributed by atoms with van der Waals surface area (Å²) < 4.78 is 50.0. The Bertz CT molecular complexity index is 784. The van der Waals surface area contributed by atoms with E-state index in [1.54, 1.807) is 12.1 Å². The molecule has 1 atom stereocenters. The van der Waals surface area contributed by atoms with Crippen LogP contribution in [0.15, 0.2) is 23.1 Å². The zero-order chi connectivity index (χ0) is 16.0. The lowest BCUT2D eigenvalue weighted by molar-refractivity contribution is 0.476. The molecule has 1 fully saturated rings. The van der Waals surface area contributed by atoms with E-state index in [1.165, 1.54) is 16.1 Å². The minimum absolute atomic E-state index is 0.0677. The van der Waals surface area contributed by atoms with Gasteiger partial charge >= 0.3 is 0 Å².